The zero-order valence-corrected chi connectivity index (χ0v) is 13.2. The van der Waals surface area contributed by atoms with Gasteiger partial charge in [-0.3, -0.25) is 0 Å². The molecule has 2 rings (SSSR count). The lowest BCUT2D eigenvalue weighted by molar-refractivity contribution is 0.297. The van der Waals surface area contributed by atoms with Gasteiger partial charge < -0.3 is 10.5 Å². The van der Waals surface area contributed by atoms with Crippen LogP contribution in [0.2, 0.25) is 0 Å². The summed E-state index contributed by atoms with van der Waals surface area (Å²) in [5.41, 5.74) is 9.41. The lowest BCUT2D eigenvalue weighted by atomic mass is 9.85. The fraction of sp³-hybridized carbons (Fsp3) is 0.368. The summed E-state index contributed by atoms with van der Waals surface area (Å²) in [4.78, 5) is 0. The number of hydrogen-bond acceptors (Lipinski definition) is 2. The third-order valence-corrected chi connectivity index (χ3v) is 3.52. The van der Waals surface area contributed by atoms with Gasteiger partial charge in [0, 0.05) is 0 Å². The predicted molar refractivity (Wildman–Crippen MR) is 88.7 cm³/mol. The molecular formula is C19H25NO. The summed E-state index contributed by atoms with van der Waals surface area (Å²) >= 11 is 0. The molecule has 0 unspecified atom stereocenters. The van der Waals surface area contributed by atoms with Crippen LogP contribution in [-0.4, -0.2) is 6.54 Å². The third kappa shape index (κ3) is 4.33. The highest BCUT2D eigenvalue weighted by atomic mass is 16.5. The molecule has 0 bridgehead atoms. The molecule has 0 spiro atoms. The van der Waals surface area contributed by atoms with Gasteiger partial charge in [-0.05, 0) is 41.1 Å². The van der Waals surface area contributed by atoms with E-state index in [1.807, 2.05) is 18.2 Å². The van der Waals surface area contributed by atoms with E-state index in [1.54, 1.807) is 0 Å². The zero-order valence-electron chi connectivity index (χ0n) is 13.2. The molecule has 2 N–H and O–H groups in total. The summed E-state index contributed by atoms with van der Waals surface area (Å²) in [7, 11) is 0. The first-order valence-electron chi connectivity index (χ1n) is 7.51. The Morgan fingerprint density at radius 3 is 2.29 bits per heavy atom. The van der Waals surface area contributed by atoms with E-state index in [0.29, 0.717) is 13.2 Å². The monoisotopic (exact) mass is 283 g/mol. The third-order valence-electron chi connectivity index (χ3n) is 3.52. The highest BCUT2D eigenvalue weighted by Gasteiger charge is 2.19. The van der Waals surface area contributed by atoms with E-state index in [0.717, 1.165) is 12.2 Å². The molecule has 0 saturated carbocycles. The van der Waals surface area contributed by atoms with Gasteiger partial charge in [0.05, 0.1) is 0 Å². The Kier molecular flexibility index (Phi) is 5.03. The first kappa shape index (κ1) is 15.6. The second-order valence-corrected chi connectivity index (χ2v) is 6.39. The van der Waals surface area contributed by atoms with E-state index in [9.17, 15) is 0 Å². The normalized spacial score (nSPS) is 11.4. The van der Waals surface area contributed by atoms with E-state index in [4.69, 9.17) is 10.5 Å². The smallest absolute Gasteiger partial charge is 0.123 e. The summed E-state index contributed by atoms with van der Waals surface area (Å²) in [6, 6.07) is 16.7. The first-order chi connectivity index (χ1) is 10.0. The molecule has 0 heterocycles. The van der Waals surface area contributed by atoms with Crippen molar-refractivity contribution < 1.29 is 4.74 Å². The average Bonchev–Trinajstić information content (AvgIpc) is 2.46. The largest absolute Gasteiger partial charge is 0.489 e. The number of rotatable bonds is 5. The Morgan fingerprint density at radius 2 is 1.67 bits per heavy atom. The van der Waals surface area contributed by atoms with E-state index < -0.39 is 0 Å². The molecule has 2 heteroatoms. The summed E-state index contributed by atoms with van der Waals surface area (Å²) in [5.74, 6) is 0.965. The topological polar surface area (TPSA) is 35.2 Å². The van der Waals surface area contributed by atoms with Crippen LogP contribution in [-0.2, 0) is 18.4 Å². The highest BCUT2D eigenvalue weighted by Crippen LogP contribution is 2.32. The van der Waals surface area contributed by atoms with Crippen LogP contribution in [0, 0.1) is 0 Å². The van der Waals surface area contributed by atoms with E-state index in [1.165, 1.54) is 16.7 Å². The molecule has 2 aromatic rings. The molecule has 21 heavy (non-hydrogen) atoms. The minimum atomic E-state index is 0.0522. The molecule has 0 aliphatic heterocycles. The van der Waals surface area contributed by atoms with Crippen molar-refractivity contribution in [1.82, 2.24) is 0 Å². The van der Waals surface area contributed by atoms with Crippen LogP contribution in [0.4, 0.5) is 0 Å². The van der Waals surface area contributed by atoms with Gasteiger partial charge in [-0.25, -0.2) is 0 Å². The van der Waals surface area contributed by atoms with Crippen LogP contribution >= 0.6 is 0 Å². The van der Waals surface area contributed by atoms with Crippen molar-refractivity contribution in [3.63, 3.8) is 0 Å². The summed E-state index contributed by atoms with van der Waals surface area (Å²) < 4.78 is 6.05. The SMILES string of the molecule is CC(C)(C)c1cc(CCN)ccc1OCc1ccccc1. The Balaban J connectivity index is 2.21. The Hall–Kier alpha value is -1.80. The molecule has 0 aromatic heterocycles. The van der Waals surface area contributed by atoms with E-state index in [2.05, 4.69) is 51.1 Å². The molecule has 0 amide bonds. The second kappa shape index (κ2) is 6.77. The van der Waals surface area contributed by atoms with Gasteiger partial charge in [0.2, 0.25) is 0 Å². The van der Waals surface area contributed by atoms with Gasteiger partial charge in [0.15, 0.2) is 0 Å². The molecular weight excluding hydrogens is 258 g/mol. The summed E-state index contributed by atoms with van der Waals surface area (Å²) in [5, 5.41) is 0. The number of hydrogen-bond donors (Lipinski definition) is 1. The molecule has 0 atom stereocenters. The average molecular weight is 283 g/mol. The van der Waals surface area contributed by atoms with Crippen LogP contribution in [0.3, 0.4) is 0 Å². The lowest BCUT2D eigenvalue weighted by Gasteiger charge is -2.24. The van der Waals surface area contributed by atoms with E-state index >= 15 is 0 Å². The van der Waals surface area contributed by atoms with Crippen molar-refractivity contribution in [2.45, 2.75) is 39.2 Å². The maximum Gasteiger partial charge on any atom is 0.123 e. The van der Waals surface area contributed by atoms with Crippen molar-refractivity contribution in [3.8, 4) is 5.75 Å². The van der Waals surface area contributed by atoms with Gasteiger partial charge in [0.25, 0.3) is 0 Å². The molecule has 0 saturated heterocycles. The molecule has 0 fully saturated rings. The highest BCUT2D eigenvalue weighted by molar-refractivity contribution is 5.42. The van der Waals surface area contributed by atoms with Crippen LogP contribution < -0.4 is 10.5 Å². The van der Waals surface area contributed by atoms with Crippen molar-refractivity contribution in [3.05, 3.63) is 65.2 Å². The minimum absolute atomic E-state index is 0.0522. The fourth-order valence-electron chi connectivity index (χ4n) is 2.35. The first-order valence-corrected chi connectivity index (χ1v) is 7.51. The molecule has 112 valence electrons. The van der Waals surface area contributed by atoms with Crippen molar-refractivity contribution in [2.75, 3.05) is 6.54 Å². The molecule has 0 radical (unpaired) electrons. The van der Waals surface area contributed by atoms with Gasteiger partial charge in [0.1, 0.15) is 12.4 Å². The second-order valence-electron chi connectivity index (χ2n) is 6.39. The molecule has 2 nitrogen and oxygen atoms in total. The number of ether oxygens (including phenoxy) is 1. The molecule has 2 aromatic carbocycles. The van der Waals surface area contributed by atoms with Crippen molar-refractivity contribution in [1.29, 1.82) is 0 Å². The van der Waals surface area contributed by atoms with Crippen molar-refractivity contribution >= 4 is 0 Å². The van der Waals surface area contributed by atoms with Crippen LogP contribution in [0.25, 0.3) is 0 Å². The quantitative estimate of drug-likeness (QED) is 0.898. The Labute approximate surface area is 127 Å². The molecule has 0 aliphatic rings. The minimum Gasteiger partial charge on any atom is -0.489 e. The maximum atomic E-state index is 6.05. The van der Waals surface area contributed by atoms with Gasteiger partial charge in [-0.2, -0.15) is 0 Å². The molecule has 0 aliphatic carbocycles. The Morgan fingerprint density at radius 1 is 0.952 bits per heavy atom. The number of benzene rings is 2. The van der Waals surface area contributed by atoms with Gasteiger partial charge in [-0.15, -0.1) is 0 Å². The summed E-state index contributed by atoms with van der Waals surface area (Å²) in [6.45, 7) is 7.91. The predicted octanol–water partition coefficient (Wildman–Crippen LogP) is 4.06. The zero-order chi connectivity index (χ0) is 15.3. The fourth-order valence-corrected chi connectivity index (χ4v) is 2.35. The van der Waals surface area contributed by atoms with Crippen molar-refractivity contribution in [2.24, 2.45) is 5.73 Å². The van der Waals surface area contributed by atoms with Crippen LogP contribution in [0.5, 0.6) is 5.75 Å². The van der Waals surface area contributed by atoms with E-state index in [-0.39, 0.29) is 5.41 Å². The maximum absolute atomic E-state index is 6.05. The standard InChI is InChI=1S/C19H25NO/c1-19(2,3)17-13-15(11-12-20)9-10-18(17)21-14-16-7-5-4-6-8-16/h4-10,13H,11-12,14,20H2,1-3H3. The number of nitrogens with two attached hydrogens (primary N) is 1. The van der Waals surface area contributed by atoms with Gasteiger partial charge in [-0.1, -0.05) is 63.2 Å². The lowest BCUT2D eigenvalue weighted by Crippen LogP contribution is -2.14. The van der Waals surface area contributed by atoms with Crippen LogP contribution in [0.1, 0.15) is 37.5 Å². The van der Waals surface area contributed by atoms with Crippen LogP contribution in [0.15, 0.2) is 48.5 Å². The Bertz CT molecular complexity index is 570. The van der Waals surface area contributed by atoms with Gasteiger partial charge >= 0.3 is 0 Å². The summed E-state index contributed by atoms with van der Waals surface area (Å²) in [6.07, 6.45) is 0.905.